The van der Waals surface area contributed by atoms with Crippen LogP contribution in [-0.4, -0.2) is 53.9 Å². The van der Waals surface area contributed by atoms with Gasteiger partial charge in [0.15, 0.2) is 5.96 Å². The Morgan fingerprint density at radius 2 is 1.90 bits per heavy atom. The van der Waals surface area contributed by atoms with Gasteiger partial charge in [-0.05, 0) is 17.7 Å². The predicted molar refractivity (Wildman–Crippen MR) is 122 cm³/mol. The summed E-state index contributed by atoms with van der Waals surface area (Å²) >= 11 is 0. The van der Waals surface area contributed by atoms with Gasteiger partial charge in [0.1, 0.15) is 0 Å². The number of hydrogen-bond acceptors (Lipinski definition) is 5. The number of benzene rings is 1. The fourth-order valence-electron chi connectivity index (χ4n) is 2.24. The second-order valence-electron chi connectivity index (χ2n) is 6.23. The number of rotatable bonds is 8. The quantitative estimate of drug-likeness (QED) is 0.184. The van der Waals surface area contributed by atoms with Gasteiger partial charge >= 0.3 is 0 Å². The summed E-state index contributed by atoms with van der Waals surface area (Å²) in [5.41, 5.74) is 1.82. The molecule has 0 atom stereocenters. The molecule has 29 heavy (non-hydrogen) atoms. The van der Waals surface area contributed by atoms with Crippen molar-refractivity contribution in [2.24, 2.45) is 4.99 Å². The van der Waals surface area contributed by atoms with Crippen LogP contribution >= 0.6 is 24.0 Å². The number of aliphatic imine (C=N–C) groups is 1. The molecule has 1 aromatic heterocycles. The number of nitrogens with zero attached hydrogens (tertiary/aromatic N) is 4. The lowest BCUT2D eigenvalue weighted by molar-refractivity contribution is -0.384. The summed E-state index contributed by atoms with van der Waals surface area (Å²) in [5, 5.41) is 16.9. The maximum absolute atomic E-state index is 11.8. The number of pyridine rings is 1. The van der Waals surface area contributed by atoms with E-state index < -0.39 is 4.92 Å². The van der Waals surface area contributed by atoms with Crippen molar-refractivity contribution >= 4 is 41.5 Å². The zero-order valence-electron chi connectivity index (χ0n) is 16.4. The summed E-state index contributed by atoms with van der Waals surface area (Å²) in [6.45, 7) is 1.04. The lowest BCUT2D eigenvalue weighted by atomic mass is 10.2. The second kappa shape index (κ2) is 12.6. The smallest absolute Gasteiger partial charge is 0.269 e. The Morgan fingerprint density at radius 3 is 2.48 bits per heavy atom. The summed E-state index contributed by atoms with van der Waals surface area (Å²) in [6, 6.07) is 12.0. The molecule has 1 aromatic carbocycles. The maximum atomic E-state index is 11.8. The van der Waals surface area contributed by atoms with E-state index in [1.807, 2.05) is 18.2 Å². The molecule has 9 nitrogen and oxygen atoms in total. The molecule has 0 unspecified atom stereocenters. The lowest BCUT2D eigenvalue weighted by Gasteiger charge is -2.15. The molecule has 2 aromatic rings. The third kappa shape index (κ3) is 8.85. The minimum Gasteiger partial charge on any atom is -0.356 e. The van der Waals surface area contributed by atoms with Gasteiger partial charge in [0.2, 0.25) is 5.91 Å². The Labute approximate surface area is 186 Å². The normalized spacial score (nSPS) is 10.6. The van der Waals surface area contributed by atoms with Crippen LogP contribution in [0.5, 0.6) is 0 Å². The first-order valence-corrected chi connectivity index (χ1v) is 8.81. The highest BCUT2D eigenvalue weighted by molar-refractivity contribution is 14.0. The fourth-order valence-corrected chi connectivity index (χ4v) is 2.24. The predicted octanol–water partition coefficient (Wildman–Crippen LogP) is 1.97. The topological polar surface area (TPSA) is 113 Å². The van der Waals surface area contributed by atoms with Gasteiger partial charge in [-0.1, -0.05) is 18.2 Å². The van der Waals surface area contributed by atoms with Crippen molar-refractivity contribution < 1.29 is 9.72 Å². The first-order valence-electron chi connectivity index (χ1n) is 8.81. The van der Waals surface area contributed by atoms with Gasteiger partial charge < -0.3 is 15.5 Å². The van der Waals surface area contributed by atoms with Gasteiger partial charge in [0.05, 0.1) is 18.0 Å². The van der Waals surface area contributed by atoms with Crippen LogP contribution in [0.25, 0.3) is 0 Å². The van der Waals surface area contributed by atoms with Crippen LogP contribution in [0.4, 0.5) is 5.69 Å². The molecule has 2 N–H and O–H groups in total. The first kappa shape index (κ1) is 24.3. The molecule has 0 spiro atoms. The zero-order valence-corrected chi connectivity index (χ0v) is 18.7. The van der Waals surface area contributed by atoms with Crippen LogP contribution in [0, 0.1) is 10.1 Å². The van der Waals surface area contributed by atoms with Gasteiger partial charge in [-0.2, -0.15) is 0 Å². The highest BCUT2D eigenvalue weighted by atomic mass is 127. The molecule has 10 heteroatoms. The lowest BCUT2D eigenvalue weighted by Crippen LogP contribution is -2.43. The maximum Gasteiger partial charge on any atom is 0.269 e. The van der Waals surface area contributed by atoms with Crippen molar-refractivity contribution in [2.75, 3.05) is 27.2 Å². The SMILES string of the molecule is CN(C)C(=O)CNC(=NCc1ccc([N+](=O)[O-])cc1)NCCc1ccccn1.I. The Hall–Kier alpha value is -2.76. The van der Waals surface area contributed by atoms with E-state index in [-0.39, 0.29) is 42.1 Å². The number of hydrogen-bond donors (Lipinski definition) is 2. The van der Waals surface area contributed by atoms with E-state index in [0.717, 1.165) is 11.3 Å². The van der Waals surface area contributed by atoms with Gasteiger partial charge in [-0.3, -0.25) is 19.9 Å². The molecular weight excluding hydrogens is 487 g/mol. The number of carbonyl (C=O) groups is 1. The van der Waals surface area contributed by atoms with E-state index in [1.165, 1.54) is 17.0 Å². The first-order chi connectivity index (χ1) is 13.5. The van der Waals surface area contributed by atoms with Crippen molar-refractivity contribution in [3.05, 3.63) is 70.0 Å². The molecule has 1 heterocycles. The van der Waals surface area contributed by atoms with Crippen LogP contribution in [0.1, 0.15) is 11.3 Å². The fraction of sp³-hybridized carbons (Fsp3) is 0.316. The Morgan fingerprint density at radius 1 is 1.17 bits per heavy atom. The van der Waals surface area contributed by atoms with Gasteiger partial charge in [-0.15, -0.1) is 24.0 Å². The molecule has 0 aliphatic carbocycles. The molecule has 0 aliphatic heterocycles. The van der Waals surface area contributed by atoms with E-state index in [2.05, 4.69) is 20.6 Å². The van der Waals surface area contributed by atoms with Crippen molar-refractivity contribution in [3.8, 4) is 0 Å². The molecule has 1 amide bonds. The van der Waals surface area contributed by atoms with Gasteiger partial charge in [-0.25, -0.2) is 4.99 Å². The van der Waals surface area contributed by atoms with Crippen LogP contribution in [0.3, 0.4) is 0 Å². The summed E-state index contributed by atoms with van der Waals surface area (Å²) < 4.78 is 0. The molecule has 0 fully saturated rings. The summed E-state index contributed by atoms with van der Waals surface area (Å²) in [4.78, 5) is 32.4. The largest absolute Gasteiger partial charge is 0.356 e. The van der Waals surface area contributed by atoms with E-state index in [0.29, 0.717) is 25.5 Å². The molecule has 0 saturated carbocycles. The highest BCUT2D eigenvalue weighted by Crippen LogP contribution is 2.12. The average Bonchev–Trinajstić information content (AvgIpc) is 2.70. The highest BCUT2D eigenvalue weighted by Gasteiger charge is 2.07. The minimum atomic E-state index is -0.438. The van der Waals surface area contributed by atoms with Crippen molar-refractivity contribution in [2.45, 2.75) is 13.0 Å². The number of halogens is 1. The molecule has 0 bridgehead atoms. The van der Waals surface area contributed by atoms with Crippen LogP contribution in [-0.2, 0) is 17.8 Å². The molecule has 2 rings (SSSR count). The van der Waals surface area contributed by atoms with Crippen LogP contribution in [0.2, 0.25) is 0 Å². The Bertz CT molecular complexity index is 812. The third-order valence-electron chi connectivity index (χ3n) is 3.87. The second-order valence-corrected chi connectivity index (χ2v) is 6.23. The average molecular weight is 512 g/mol. The number of guanidine groups is 1. The molecule has 156 valence electrons. The summed E-state index contributed by atoms with van der Waals surface area (Å²) in [7, 11) is 3.37. The Kier molecular flexibility index (Phi) is 10.6. The summed E-state index contributed by atoms with van der Waals surface area (Å²) in [5.74, 6) is 0.416. The van der Waals surface area contributed by atoms with Crippen molar-refractivity contribution in [1.29, 1.82) is 0 Å². The van der Waals surface area contributed by atoms with Crippen molar-refractivity contribution in [3.63, 3.8) is 0 Å². The van der Waals surface area contributed by atoms with E-state index in [4.69, 9.17) is 0 Å². The summed E-state index contributed by atoms with van der Waals surface area (Å²) in [6.07, 6.45) is 2.45. The van der Waals surface area contributed by atoms with E-state index in [1.54, 1.807) is 32.4 Å². The number of aromatic nitrogens is 1. The van der Waals surface area contributed by atoms with E-state index in [9.17, 15) is 14.9 Å². The monoisotopic (exact) mass is 512 g/mol. The number of non-ortho nitro benzene ring substituents is 1. The number of nitro groups is 1. The van der Waals surface area contributed by atoms with Crippen molar-refractivity contribution in [1.82, 2.24) is 20.5 Å². The standard InChI is InChI=1S/C19H24N6O3.HI/c1-24(2)18(26)14-23-19(21-12-10-16-5-3-4-11-20-16)22-13-15-6-8-17(9-7-15)25(27)28;/h3-9,11H,10,12-14H2,1-2H3,(H2,21,22,23);1H. The number of carbonyl (C=O) groups excluding carboxylic acids is 1. The Balaban J connectivity index is 0.00000420. The molecule has 0 aliphatic rings. The third-order valence-corrected chi connectivity index (χ3v) is 3.87. The van der Waals surface area contributed by atoms with Crippen LogP contribution < -0.4 is 10.6 Å². The number of likely N-dealkylation sites (N-methyl/N-ethyl adjacent to an activating group) is 1. The van der Waals surface area contributed by atoms with Crippen LogP contribution in [0.15, 0.2) is 53.7 Å². The number of amides is 1. The number of nitrogens with one attached hydrogen (secondary N) is 2. The zero-order chi connectivity index (χ0) is 20.4. The molecule has 0 radical (unpaired) electrons. The minimum absolute atomic E-state index is 0. The molecule has 0 saturated heterocycles. The van der Waals surface area contributed by atoms with Gasteiger partial charge in [0, 0.05) is 51.1 Å². The van der Waals surface area contributed by atoms with E-state index >= 15 is 0 Å². The number of nitro benzene ring substituents is 1. The van der Waals surface area contributed by atoms with Gasteiger partial charge in [0.25, 0.3) is 5.69 Å². The molecular formula is C19H25IN6O3.